The summed E-state index contributed by atoms with van der Waals surface area (Å²) in [5, 5.41) is 0. The van der Waals surface area contributed by atoms with Gasteiger partial charge in [0.2, 0.25) is 5.56 Å². The average molecular weight is 229 g/mol. The molecule has 15 heavy (non-hydrogen) atoms. The Morgan fingerprint density at radius 2 is 2.07 bits per heavy atom. The number of aromatic nitrogens is 1. The van der Waals surface area contributed by atoms with Crippen LogP contribution in [-0.2, 0) is 16.4 Å². The summed E-state index contributed by atoms with van der Waals surface area (Å²) in [6.07, 6.45) is 2.15. The van der Waals surface area contributed by atoms with Crippen molar-refractivity contribution in [1.82, 2.24) is 4.57 Å². The van der Waals surface area contributed by atoms with Crippen LogP contribution in [0.15, 0.2) is 29.2 Å². The van der Waals surface area contributed by atoms with Crippen LogP contribution in [0.1, 0.15) is 13.3 Å². The van der Waals surface area contributed by atoms with Crippen molar-refractivity contribution in [3.8, 4) is 0 Å². The van der Waals surface area contributed by atoms with E-state index in [0.717, 1.165) is 0 Å². The van der Waals surface area contributed by atoms with E-state index in [1.165, 1.54) is 10.6 Å². The molecule has 0 aliphatic carbocycles. The molecule has 0 bridgehead atoms. The lowest BCUT2D eigenvalue weighted by Crippen LogP contribution is -2.19. The molecule has 1 aromatic rings. The van der Waals surface area contributed by atoms with Gasteiger partial charge in [-0.2, -0.15) is 0 Å². The predicted octanol–water partition coefficient (Wildman–Crippen LogP) is 0.673. The lowest BCUT2D eigenvalue weighted by molar-refractivity contribution is 0.585. The fraction of sp³-hybridized carbons (Fsp3) is 0.500. The van der Waals surface area contributed by atoms with Crippen molar-refractivity contribution in [2.24, 2.45) is 0 Å². The molecule has 0 amide bonds. The van der Waals surface area contributed by atoms with Gasteiger partial charge in [0.15, 0.2) is 0 Å². The van der Waals surface area contributed by atoms with E-state index < -0.39 is 9.84 Å². The quantitative estimate of drug-likeness (QED) is 0.745. The summed E-state index contributed by atoms with van der Waals surface area (Å²) < 4.78 is 23.9. The number of aryl methyl sites for hydroxylation is 1. The minimum absolute atomic E-state index is 0.0913. The van der Waals surface area contributed by atoms with Crippen molar-refractivity contribution < 1.29 is 8.42 Å². The van der Waals surface area contributed by atoms with Crippen LogP contribution in [0.2, 0.25) is 0 Å². The van der Waals surface area contributed by atoms with Gasteiger partial charge in [0.1, 0.15) is 9.84 Å². The topological polar surface area (TPSA) is 56.1 Å². The monoisotopic (exact) mass is 229 g/mol. The molecule has 0 N–H and O–H groups in total. The first kappa shape index (κ1) is 12.0. The smallest absolute Gasteiger partial charge is 0.250 e. The van der Waals surface area contributed by atoms with E-state index in [4.69, 9.17) is 0 Å². The SMILES string of the molecule is CCS(=O)(=O)CCCn1ccccc1=O. The van der Waals surface area contributed by atoms with Gasteiger partial charge < -0.3 is 4.57 Å². The zero-order valence-electron chi connectivity index (χ0n) is 8.72. The first-order chi connectivity index (χ1) is 7.05. The van der Waals surface area contributed by atoms with E-state index in [1.54, 1.807) is 25.3 Å². The van der Waals surface area contributed by atoms with E-state index in [2.05, 4.69) is 0 Å². The van der Waals surface area contributed by atoms with Gasteiger partial charge in [0.05, 0.1) is 5.75 Å². The van der Waals surface area contributed by atoms with E-state index in [1.807, 2.05) is 0 Å². The number of hydrogen-bond donors (Lipinski definition) is 0. The predicted molar refractivity (Wildman–Crippen MR) is 59.6 cm³/mol. The molecular formula is C10H15NO3S. The normalized spacial score (nSPS) is 11.5. The van der Waals surface area contributed by atoms with E-state index in [9.17, 15) is 13.2 Å². The molecule has 0 aliphatic heterocycles. The Bertz CT molecular complexity index is 462. The van der Waals surface area contributed by atoms with Crippen LogP contribution in [0.5, 0.6) is 0 Å². The zero-order valence-corrected chi connectivity index (χ0v) is 9.53. The molecule has 0 radical (unpaired) electrons. The maximum Gasteiger partial charge on any atom is 0.250 e. The van der Waals surface area contributed by atoms with E-state index in [0.29, 0.717) is 13.0 Å². The minimum atomic E-state index is -2.92. The lowest BCUT2D eigenvalue weighted by Gasteiger charge is -2.04. The third-order valence-electron chi connectivity index (χ3n) is 2.19. The van der Waals surface area contributed by atoms with Gasteiger partial charge in [-0.1, -0.05) is 13.0 Å². The molecule has 1 rings (SSSR count). The Morgan fingerprint density at radius 3 is 2.67 bits per heavy atom. The average Bonchev–Trinajstić information content (AvgIpc) is 2.21. The molecule has 0 aromatic carbocycles. The van der Waals surface area contributed by atoms with Crippen molar-refractivity contribution in [2.45, 2.75) is 19.9 Å². The van der Waals surface area contributed by atoms with E-state index in [-0.39, 0.29) is 17.1 Å². The highest BCUT2D eigenvalue weighted by Crippen LogP contribution is 1.95. The Kier molecular flexibility index (Phi) is 4.08. The maximum absolute atomic E-state index is 11.3. The molecule has 0 unspecified atom stereocenters. The van der Waals surface area contributed by atoms with Gasteiger partial charge in [0, 0.05) is 24.6 Å². The van der Waals surface area contributed by atoms with Crippen molar-refractivity contribution in [3.05, 3.63) is 34.7 Å². The molecule has 0 saturated carbocycles. The van der Waals surface area contributed by atoms with Crippen LogP contribution in [-0.4, -0.2) is 24.5 Å². The van der Waals surface area contributed by atoms with Crippen LogP contribution in [0, 0.1) is 0 Å². The summed E-state index contributed by atoms with van der Waals surface area (Å²) in [6, 6.07) is 4.89. The molecular weight excluding hydrogens is 214 g/mol. The summed E-state index contributed by atoms with van der Waals surface area (Å²) in [4.78, 5) is 11.3. The minimum Gasteiger partial charge on any atom is -0.316 e. The van der Waals surface area contributed by atoms with Gasteiger partial charge in [-0.3, -0.25) is 4.79 Å². The Morgan fingerprint density at radius 1 is 1.33 bits per heavy atom. The Labute approximate surface area is 89.5 Å². The summed E-state index contributed by atoms with van der Waals surface area (Å²) in [5.74, 6) is 0.307. The second-order valence-electron chi connectivity index (χ2n) is 3.32. The summed E-state index contributed by atoms with van der Waals surface area (Å²) in [6.45, 7) is 2.09. The fourth-order valence-corrected chi connectivity index (χ4v) is 2.10. The van der Waals surface area contributed by atoms with Gasteiger partial charge in [0.25, 0.3) is 0 Å². The highest BCUT2D eigenvalue weighted by molar-refractivity contribution is 7.91. The fourth-order valence-electron chi connectivity index (χ4n) is 1.24. The van der Waals surface area contributed by atoms with Crippen molar-refractivity contribution in [1.29, 1.82) is 0 Å². The molecule has 5 heteroatoms. The molecule has 84 valence electrons. The third kappa shape index (κ3) is 3.87. The van der Waals surface area contributed by atoms with Crippen LogP contribution in [0.4, 0.5) is 0 Å². The molecule has 4 nitrogen and oxygen atoms in total. The van der Waals surface area contributed by atoms with Crippen molar-refractivity contribution in [2.75, 3.05) is 11.5 Å². The molecule has 1 heterocycles. The van der Waals surface area contributed by atoms with Crippen molar-refractivity contribution in [3.63, 3.8) is 0 Å². The van der Waals surface area contributed by atoms with E-state index >= 15 is 0 Å². The van der Waals surface area contributed by atoms with Crippen LogP contribution >= 0.6 is 0 Å². The second-order valence-corrected chi connectivity index (χ2v) is 5.79. The lowest BCUT2D eigenvalue weighted by atomic mass is 10.4. The number of pyridine rings is 1. The first-order valence-corrected chi connectivity index (χ1v) is 6.73. The highest BCUT2D eigenvalue weighted by Gasteiger charge is 2.06. The van der Waals surface area contributed by atoms with Gasteiger partial charge in [-0.15, -0.1) is 0 Å². The van der Waals surface area contributed by atoms with Gasteiger partial charge in [-0.05, 0) is 12.5 Å². The van der Waals surface area contributed by atoms with Crippen LogP contribution < -0.4 is 5.56 Å². The molecule has 1 aromatic heterocycles. The number of rotatable bonds is 5. The highest BCUT2D eigenvalue weighted by atomic mass is 32.2. The standard InChI is InChI=1S/C10H15NO3S/c1-2-15(13,14)9-5-8-11-7-4-3-6-10(11)12/h3-4,6-7H,2,5,8-9H2,1H3. The van der Waals surface area contributed by atoms with Crippen LogP contribution in [0.25, 0.3) is 0 Å². The third-order valence-corrected chi connectivity index (χ3v) is 3.98. The first-order valence-electron chi connectivity index (χ1n) is 4.91. The molecule has 0 saturated heterocycles. The molecule has 0 aliphatic rings. The number of nitrogens with zero attached hydrogens (tertiary/aromatic N) is 1. The van der Waals surface area contributed by atoms with Gasteiger partial charge in [-0.25, -0.2) is 8.42 Å². The number of hydrogen-bond acceptors (Lipinski definition) is 3. The Hall–Kier alpha value is -1.10. The second kappa shape index (κ2) is 5.11. The largest absolute Gasteiger partial charge is 0.316 e. The zero-order chi connectivity index (χ0) is 11.3. The summed E-state index contributed by atoms with van der Waals surface area (Å²) in [7, 11) is -2.92. The maximum atomic E-state index is 11.3. The van der Waals surface area contributed by atoms with Crippen LogP contribution in [0.3, 0.4) is 0 Å². The molecule has 0 atom stereocenters. The molecule has 0 fully saturated rings. The van der Waals surface area contributed by atoms with Crippen molar-refractivity contribution >= 4 is 9.84 Å². The number of sulfone groups is 1. The molecule has 0 spiro atoms. The van der Waals surface area contributed by atoms with Gasteiger partial charge >= 0.3 is 0 Å². The Balaban J connectivity index is 2.53. The summed E-state index contributed by atoms with van der Waals surface area (Å²) >= 11 is 0. The summed E-state index contributed by atoms with van der Waals surface area (Å²) in [5.41, 5.74) is -0.0913.